The Bertz CT molecular complexity index is 610. The zero-order valence-electron chi connectivity index (χ0n) is 12.1. The fourth-order valence-electron chi connectivity index (χ4n) is 1.99. The second kappa shape index (κ2) is 7.59. The number of carbonyl (C=O) groups excluding carboxylic acids is 1. The van der Waals surface area contributed by atoms with E-state index >= 15 is 0 Å². The van der Waals surface area contributed by atoms with Crippen molar-refractivity contribution in [3.05, 3.63) is 41.3 Å². The van der Waals surface area contributed by atoms with E-state index in [0.717, 1.165) is 29.2 Å². The third kappa shape index (κ3) is 4.56. The predicted molar refractivity (Wildman–Crippen MR) is 88.6 cm³/mol. The average Bonchev–Trinajstić information content (AvgIpc) is 2.93. The van der Waals surface area contributed by atoms with Gasteiger partial charge in [0.05, 0.1) is 12.2 Å². The highest BCUT2D eigenvalue weighted by Gasteiger charge is 2.12. The van der Waals surface area contributed by atoms with Crippen LogP contribution in [0.2, 0.25) is 0 Å². The molecule has 1 aromatic carbocycles. The van der Waals surface area contributed by atoms with E-state index in [4.69, 9.17) is 16.3 Å². The molecule has 0 amide bonds. The summed E-state index contributed by atoms with van der Waals surface area (Å²) in [7, 11) is 4.09. The van der Waals surface area contributed by atoms with E-state index in [-0.39, 0.29) is 0 Å². The fraction of sp³-hybridized carbons (Fsp3) is 0.312. The van der Waals surface area contributed by atoms with Gasteiger partial charge in [0.25, 0.3) is 5.24 Å². The molecule has 5 heteroatoms. The maximum absolute atomic E-state index is 11.4. The van der Waals surface area contributed by atoms with Gasteiger partial charge in [-0.3, -0.25) is 4.79 Å². The number of carbonyl (C=O) groups is 1. The lowest BCUT2D eigenvalue weighted by molar-refractivity contribution is 0.108. The third-order valence-corrected chi connectivity index (χ3v) is 4.16. The van der Waals surface area contributed by atoms with E-state index in [1.165, 1.54) is 11.3 Å². The molecule has 112 valence electrons. The molecule has 2 rings (SSSR count). The highest BCUT2D eigenvalue weighted by atomic mass is 35.5. The minimum Gasteiger partial charge on any atom is -0.494 e. The van der Waals surface area contributed by atoms with Crippen molar-refractivity contribution in [2.75, 3.05) is 27.2 Å². The Hall–Kier alpha value is -1.36. The van der Waals surface area contributed by atoms with Crippen molar-refractivity contribution in [1.29, 1.82) is 0 Å². The number of nitrogens with zero attached hydrogens (tertiary/aromatic N) is 1. The van der Waals surface area contributed by atoms with E-state index in [1.807, 2.05) is 43.7 Å². The lowest BCUT2D eigenvalue weighted by atomic mass is 10.1. The smallest absolute Gasteiger partial charge is 0.253 e. The molecule has 0 aliphatic rings. The van der Waals surface area contributed by atoms with Crippen molar-refractivity contribution in [2.45, 2.75) is 6.42 Å². The molecule has 0 aliphatic heterocycles. The van der Waals surface area contributed by atoms with Crippen LogP contribution < -0.4 is 4.74 Å². The first kappa shape index (κ1) is 16.0. The van der Waals surface area contributed by atoms with Gasteiger partial charge in [-0.25, -0.2) is 0 Å². The molecule has 1 aromatic heterocycles. The normalized spacial score (nSPS) is 10.9. The van der Waals surface area contributed by atoms with Gasteiger partial charge in [-0.1, -0.05) is 12.1 Å². The number of hydrogen-bond acceptors (Lipinski definition) is 4. The van der Waals surface area contributed by atoms with Crippen LogP contribution in [0.25, 0.3) is 10.4 Å². The second-order valence-electron chi connectivity index (χ2n) is 4.97. The van der Waals surface area contributed by atoms with E-state index in [9.17, 15) is 4.79 Å². The van der Waals surface area contributed by atoms with Crippen LogP contribution in [0.4, 0.5) is 0 Å². The number of thiophene rings is 1. The zero-order chi connectivity index (χ0) is 15.2. The summed E-state index contributed by atoms with van der Waals surface area (Å²) >= 11 is 7.11. The lowest BCUT2D eigenvalue weighted by Gasteiger charge is -2.11. The topological polar surface area (TPSA) is 29.5 Å². The molecule has 0 saturated carbocycles. The molecule has 0 bridgehead atoms. The van der Waals surface area contributed by atoms with Gasteiger partial charge in [0.15, 0.2) is 0 Å². The summed E-state index contributed by atoms with van der Waals surface area (Å²) in [5.74, 6) is 0.813. The van der Waals surface area contributed by atoms with Crippen molar-refractivity contribution in [1.82, 2.24) is 4.90 Å². The van der Waals surface area contributed by atoms with Crippen molar-refractivity contribution in [2.24, 2.45) is 0 Å². The quantitative estimate of drug-likeness (QED) is 0.567. The van der Waals surface area contributed by atoms with Gasteiger partial charge >= 0.3 is 0 Å². The number of benzene rings is 1. The van der Waals surface area contributed by atoms with Gasteiger partial charge in [0, 0.05) is 11.4 Å². The van der Waals surface area contributed by atoms with Gasteiger partial charge in [-0.05, 0) is 61.3 Å². The van der Waals surface area contributed by atoms with Gasteiger partial charge in [0.2, 0.25) is 0 Å². The summed E-state index contributed by atoms with van der Waals surface area (Å²) in [6.07, 6.45) is 0.974. The van der Waals surface area contributed by atoms with Gasteiger partial charge in [-0.15, -0.1) is 11.3 Å². The molecular weight excluding hydrogens is 306 g/mol. The molecular formula is C16H18ClNO2S. The highest BCUT2D eigenvalue weighted by molar-refractivity contribution is 7.14. The van der Waals surface area contributed by atoms with Crippen LogP contribution in [0.15, 0.2) is 35.7 Å². The van der Waals surface area contributed by atoms with E-state index in [0.29, 0.717) is 12.2 Å². The van der Waals surface area contributed by atoms with Crippen LogP contribution in [0.1, 0.15) is 16.8 Å². The monoisotopic (exact) mass is 323 g/mol. The zero-order valence-corrected chi connectivity index (χ0v) is 13.7. The number of ether oxygens (including phenoxy) is 1. The molecule has 0 radical (unpaired) electrons. The Morgan fingerprint density at radius 2 is 2.14 bits per heavy atom. The van der Waals surface area contributed by atoms with Crippen LogP contribution in [-0.2, 0) is 0 Å². The Morgan fingerprint density at radius 3 is 2.86 bits per heavy atom. The molecule has 3 nitrogen and oxygen atoms in total. The Morgan fingerprint density at radius 1 is 1.33 bits per heavy atom. The van der Waals surface area contributed by atoms with E-state index < -0.39 is 5.24 Å². The average molecular weight is 324 g/mol. The first-order valence-electron chi connectivity index (χ1n) is 6.73. The molecule has 0 atom stereocenters. The van der Waals surface area contributed by atoms with Crippen LogP contribution in [0.3, 0.4) is 0 Å². The predicted octanol–water partition coefficient (Wildman–Crippen LogP) is 4.12. The number of hydrogen-bond donors (Lipinski definition) is 0. The van der Waals surface area contributed by atoms with Crippen LogP contribution in [-0.4, -0.2) is 37.4 Å². The summed E-state index contributed by atoms with van der Waals surface area (Å²) in [5, 5.41) is 1.44. The van der Waals surface area contributed by atoms with Crippen molar-refractivity contribution >= 4 is 28.2 Å². The maximum atomic E-state index is 11.4. The molecule has 0 spiro atoms. The van der Waals surface area contributed by atoms with Crippen molar-refractivity contribution < 1.29 is 9.53 Å². The van der Waals surface area contributed by atoms with Crippen molar-refractivity contribution in [3.8, 4) is 16.2 Å². The summed E-state index contributed by atoms with van der Waals surface area (Å²) in [6, 6.07) is 9.51. The fourth-order valence-corrected chi connectivity index (χ4v) is 3.09. The first-order chi connectivity index (χ1) is 10.1. The van der Waals surface area contributed by atoms with Crippen LogP contribution in [0, 0.1) is 0 Å². The Kier molecular flexibility index (Phi) is 5.79. The Labute approximate surface area is 134 Å². The molecule has 0 aliphatic carbocycles. The number of halogens is 1. The summed E-state index contributed by atoms with van der Waals surface area (Å²) in [5.41, 5.74) is 1.51. The van der Waals surface area contributed by atoms with E-state index in [1.54, 1.807) is 6.07 Å². The largest absolute Gasteiger partial charge is 0.494 e. The molecule has 0 fully saturated rings. The maximum Gasteiger partial charge on any atom is 0.253 e. The third-order valence-electron chi connectivity index (χ3n) is 2.99. The van der Waals surface area contributed by atoms with E-state index in [2.05, 4.69) is 4.90 Å². The molecule has 0 unspecified atom stereocenters. The van der Waals surface area contributed by atoms with Gasteiger partial charge in [0.1, 0.15) is 5.75 Å². The molecule has 2 aromatic rings. The lowest BCUT2D eigenvalue weighted by Crippen LogP contribution is -2.15. The molecule has 1 heterocycles. The van der Waals surface area contributed by atoms with Gasteiger partial charge < -0.3 is 9.64 Å². The van der Waals surface area contributed by atoms with Crippen LogP contribution >= 0.6 is 22.9 Å². The molecule has 21 heavy (non-hydrogen) atoms. The van der Waals surface area contributed by atoms with Crippen LogP contribution in [0.5, 0.6) is 5.75 Å². The minimum atomic E-state index is -0.427. The number of rotatable bonds is 7. The van der Waals surface area contributed by atoms with Crippen molar-refractivity contribution in [3.63, 3.8) is 0 Å². The Balaban J connectivity index is 2.07. The summed E-state index contributed by atoms with van der Waals surface area (Å²) < 4.78 is 5.76. The SMILES string of the molecule is CN(C)CCCOc1cccc(-c2sccc2C(=O)Cl)c1. The molecule has 0 saturated heterocycles. The molecule has 0 N–H and O–H groups in total. The standard InChI is InChI=1S/C16H18ClNO2S/c1-18(2)8-4-9-20-13-6-3-5-12(11-13)15-14(16(17)19)7-10-21-15/h3,5-7,10-11H,4,8-9H2,1-2H3. The first-order valence-corrected chi connectivity index (χ1v) is 7.99. The highest BCUT2D eigenvalue weighted by Crippen LogP contribution is 2.32. The minimum absolute atomic E-state index is 0.427. The second-order valence-corrected chi connectivity index (χ2v) is 6.23. The van der Waals surface area contributed by atoms with Gasteiger partial charge in [-0.2, -0.15) is 0 Å². The summed E-state index contributed by atoms with van der Waals surface area (Å²) in [4.78, 5) is 14.4. The summed E-state index contributed by atoms with van der Waals surface area (Å²) in [6.45, 7) is 1.67.